The first-order valence-corrected chi connectivity index (χ1v) is 13.7. The third-order valence-corrected chi connectivity index (χ3v) is 6.87. The monoisotopic (exact) mass is 508 g/mol. The minimum absolute atomic E-state index is 0.381. The van der Waals surface area contributed by atoms with Crippen LogP contribution in [-0.2, 0) is 4.74 Å². The minimum atomic E-state index is -0.381. The molecule has 0 N–H and O–H groups in total. The van der Waals surface area contributed by atoms with Crippen molar-refractivity contribution in [2.75, 3.05) is 13.2 Å². The van der Waals surface area contributed by atoms with E-state index < -0.39 is 0 Å². The van der Waals surface area contributed by atoms with Gasteiger partial charge in [0, 0.05) is 11.1 Å². The van der Waals surface area contributed by atoms with Crippen LogP contribution in [0.3, 0.4) is 0 Å². The van der Waals surface area contributed by atoms with E-state index >= 15 is 0 Å². The SMILES string of the molecule is CC(OCCOc1c(-c2ccccc2)cccc1-c1ccccc1)Oc1ccc(C(C(C)C)C(C)C)cc1. The number of rotatable bonds is 12. The van der Waals surface area contributed by atoms with Gasteiger partial charge in [0.05, 0.1) is 6.61 Å². The van der Waals surface area contributed by atoms with Crippen LogP contribution < -0.4 is 9.47 Å². The lowest BCUT2D eigenvalue weighted by Gasteiger charge is -2.25. The highest BCUT2D eigenvalue weighted by Gasteiger charge is 2.19. The molecule has 3 nitrogen and oxygen atoms in total. The van der Waals surface area contributed by atoms with Crippen molar-refractivity contribution >= 4 is 0 Å². The molecular formula is C35H40O3. The molecule has 4 aromatic rings. The molecule has 3 heteroatoms. The van der Waals surface area contributed by atoms with Gasteiger partial charge in [-0.15, -0.1) is 0 Å². The van der Waals surface area contributed by atoms with Gasteiger partial charge >= 0.3 is 0 Å². The van der Waals surface area contributed by atoms with E-state index in [0.29, 0.717) is 31.0 Å². The van der Waals surface area contributed by atoms with Crippen molar-refractivity contribution in [2.45, 2.75) is 46.8 Å². The van der Waals surface area contributed by atoms with Crippen LogP contribution in [0.2, 0.25) is 0 Å². The molecule has 0 saturated carbocycles. The molecule has 0 heterocycles. The summed E-state index contributed by atoms with van der Waals surface area (Å²) in [6.07, 6.45) is -0.381. The fourth-order valence-electron chi connectivity index (χ4n) is 5.27. The Kier molecular flexibility index (Phi) is 9.62. The smallest absolute Gasteiger partial charge is 0.197 e. The molecule has 0 aliphatic carbocycles. The predicted molar refractivity (Wildman–Crippen MR) is 158 cm³/mol. The summed E-state index contributed by atoms with van der Waals surface area (Å²) < 4.78 is 18.4. The van der Waals surface area contributed by atoms with Crippen molar-refractivity contribution in [3.8, 4) is 33.8 Å². The van der Waals surface area contributed by atoms with Crippen LogP contribution in [0.1, 0.15) is 46.1 Å². The van der Waals surface area contributed by atoms with E-state index in [1.54, 1.807) is 0 Å². The Morgan fingerprint density at radius 2 is 1.08 bits per heavy atom. The molecule has 0 aromatic heterocycles. The highest BCUT2D eigenvalue weighted by molar-refractivity contribution is 5.82. The first kappa shape index (κ1) is 27.5. The number of ether oxygens (including phenoxy) is 3. The molecule has 0 aliphatic heterocycles. The van der Waals surface area contributed by atoms with Crippen LogP contribution in [-0.4, -0.2) is 19.5 Å². The molecule has 0 aliphatic rings. The minimum Gasteiger partial charge on any atom is -0.490 e. The lowest BCUT2D eigenvalue weighted by Crippen LogP contribution is -2.20. The molecule has 38 heavy (non-hydrogen) atoms. The molecule has 198 valence electrons. The maximum Gasteiger partial charge on any atom is 0.197 e. The Balaban J connectivity index is 1.39. The quantitative estimate of drug-likeness (QED) is 0.141. The first-order chi connectivity index (χ1) is 18.4. The highest BCUT2D eigenvalue weighted by atomic mass is 16.7. The molecule has 0 radical (unpaired) electrons. The number of hydrogen-bond donors (Lipinski definition) is 0. The van der Waals surface area contributed by atoms with Crippen molar-refractivity contribution < 1.29 is 14.2 Å². The zero-order valence-electron chi connectivity index (χ0n) is 23.3. The summed E-state index contributed by atoms with van der Waals surface area (Å²) in [6, 6.07) is 35.5. The third-order valence-electron chi connectivity index (χ3n) is 6.87. The Morgan fingerprint density at radius 1 is 0.553 bits per heavy atom. The van der Waals surface area contributed by atoms with Gasteiger partial charge in [-0.2, -0.15) is 0 Å². The van der Waals surface area contributed by atoms with Gasteiger partial charge in [-0.25, -0.2) is 0 Å². The number of hydrogen-bond acceptors (Lipinski definition) is 3. The van der Waals surface area contributed by atoms with Gasteiger partial charge in [-0.05, 0) is 53.5 Å². The van der Waals surface area contributed by atoms with E-state index in [0.717, 1.165) is 33.8 Å². The average molecular weight is 509 g/mol. The molecule has 0 amide bonds. The van der Waals surface area contributed by atoms with Crippen LogP contribution >= 0.6 is 0 Å². The van der Waals surface area contributed by atoms with Gasteiger partial charge in [0.15, 0.2) is 6.29 Å². The van der Waals surface area contributed by atoms with Crippen LogP contribution in [0.5, 0.6) is 11.5 Å². The molecule has 1 unspecified atom stereocenters. The van der Waals surface area contributed by atoms with Crippen LogP contribution in [0.4, 0.5) is 0 Å². The summed E-state index contributed by atoms with van der Waals surface area (Å²) in [5.74, 6) is 3.41. The summed E-state index contributed by atoms with van der Waals surface area (Å²) in [5, 5.41) is 0. The van der Waals surface area contributed by atoms with Gasteiger partial charge in [0.2, 0.25) is 0 Å². The van der Waals surface area contributed by atoms with Gasteiger partial charge in [-0.3, -0.25) is 0 Å². The Bertz CT molecular complexity index is 1180. The normalized spacial score (nSPS) is 12.2. The molecule has 0 bridgehead atoms. The maximum atomic E-state index is 6.38. The van der Waals surface area contributed by atoms with Gasteiger partial charge in [-0.1, -0.05) is 119 Å². The fourth-order valence-corrected chi connectivity index (χ4v) is 5.27. The Labute approximate surface area is 228 Å². The van der Waals surface area contributed by atoms with Crippen LogP contribution in [0.15, 0.2) is 103 Å². The Morgan fingerprint density at radius 3 is 1.58 bits per heavy atom. The molecule has 1 atom stereocenters. The van der Waals surface area contributed by atoms with E-state index in [1.807, 2.05) is 31.2 Å². The summed E-state index contributed by atoms with van der Waals surface area (Å²) in [7, 11) is 0. The van der Waals surface area contributed by atoms with E-state index in [9.17, 15) is 0 Å². The topological polar surface area (TPSA) is 27.7 Å². The zero-order valence-corrected chi connectivity index (χ0v) is 23.3. The lowest BCUT2D eigenvalue weighted by atomic mass is 9.80. The lowest BCUT2D eigenvalue weighted by molar-refractivity contribution is -0.0738. The van der Waals surface area contributed by atoms with Gasteiger partial charge < -0.3 is 14.2 Å². The summed E-state index contributed by atoms with van der Waals surface area (Å²) in [6.45, 7) is 11.9. The third kappa shape index (κ3) is 7.05. The molecule has 4 rings (SSSR count). The largest absolute Gasteiger partial charge is 0.490 e. The Hall–Kier alpha value is -3.56. The second kappa shape index (κ2) is 13.3. The van der Waals surface area contributed by atoms with Crippen LogP contribution in [0.25, 0.3) is 22.3 Å². The van der Waals surface area contributed by atoms with Crippen LogP contribution in [0, 0.1) is 11.8 Å². The molecule has 0 fully saturated rings. The average Bonchev–Trinajstić information content (AvgIpc) is 2.92. The van der Waals surface area contributed by atoms with E-state index in [4.69, 9.17) is 14.2 Å². The van der Waals surface area contributed by atoms with E-state index in [1.165, 1.54) is 5.56 Å². The van der Waals surface area contributed by atoms with Gasteiger partial charge in [0.1, 0.15) is 18.1 Å². The molecule has 4 aromatic carbocycles. The highest BCUT2D eigenvalue weighted by Crippen LogP contribution is 2.39. The maximum absolute atomic E-state index is 6.38. The van der Waals surface area contributed by atoms with Crippen molar-refractivity contribution in [3.05, 3.63) is 109 Å². The standard InChI is InChI=1S/C35H40O3/c1-25(2)34(26(3)4)30-19-21-31(22-20-30)38-27(5)36-23-24-37-35-32(28-13-8-6-9-14-28)17-12-18-33(35)29-15-10-7-11-16-29/h6-22,25-27,34H,23-24H2,1-5H3. The van der Waals surface area contributed by atoms with E-state index in [2.05, 4.69) is 107 Å². The van der Waals surface area contributed by atoms with Crippen molar-refractivity contribution in [1.82, 2.24) is 0 Å². The number of benzene rings is 4. The molecule has 0 saturated heterocycles. The summed E-state index contributed by atoms with van der Waals surface area (Å²) >= 11 is 0. The summed E-state index contributed by atoms with van der Waals surface area (Å²) in [5.41, 5.74) is 5.74. The van der Waals surface area contributed by atoms with Gasteiger partial charge in [0.25, 0.3) is 0 Å². The molecular weight excluding hydrogens is 468 g/mol. The van der Waals surface area contributed by atoms with Crippen molar-refractivity contribution in [1.29, 1.82) is 0 Å². The van der Waals surface area contributed by atoms with Crippen molar-refractivity contribution in [2.24, 2.45) is 11.8 Å². The first-order valence-electron chi connectivity index (χ1n) is 13.7. The van der Waals surface area contributed by atoms with Crippen molar-refractivity contribution in [3.63, 3.8) is 0 Å². The predicted octanol–water partition coefficient (Wildman–Crippen LogP) is 9.24. The summed E-state index contributed by atoms with van der Waals surface area (Å²) in [4.78, 5) is 0. The second-order valence-corrected chi connectivity index (χ2v) is 10.4. The fraction of sp³-hybridized carbons (Fsp3) is 0.314. The second-order valence-electron chi connectivity index (χ2n) is 10.4. The number of para-hydroxylation sites is 1. The zero-order chi connectivity index (χ0) is 26.9. The van der Waals surface area contributed by atoms with E-state index in [-0.39, 0.29) is 6.29 Å². The molecule has 0 spiro atoms.